The molecule has 0 N–H and O–H groups in total. The highest BCUT2D eigenvalue weighted by atomic mass is 28.3. The lowest BCUT2D eigenvalue weighted by Crippen LogP contribution is -2.74. The van der Waals surface area contributed by atoms with Gasteiger partial charge in [0.2, 0.25) is 0 Å². The molecule has 0 spiro atoms. The zero-order valence-corrected chi connectivity index (χ0v) is 37.1. The molecule has 1 aliphatic rings. The Morgan fingerprint density at radius 2 is 0.938 bits per heavy atom. The molecule has 11 aromatic rings. The van der Waals surface area contributed by atoms with Gasteiger partial charge < -0.3 is 13.7 Å². The van der Waals surface area contributed by atoms with Gasteiger partial charge in [-0.1, -0.05) is 158 Å². The van der Waals surface area contributed by atoms with E-state index in [0.717, 1.165) is 24.2 Å². The molecule has 0 radical (unpaired) electrons. The number of fused-ring (bicyclic) bond motifs is 7. The molecule has 1 aliphatic carbocycles. The predicted octanol–water partition coefficient (Wildman–Crippen LogP) is 12.3. The highest BCUT2D eigenvalue weighted by Crippen LogP contribution is 2.39. The zero-order chi connectivity index (χ0) is 42.8. The van der Waals surface area contributed by atoms with Crippen LogP contribution in [-0.4, -0.2) is 21.8 Å². The van der Waals surface area contributed by atoms with Crippen molar-refractivity contribution in [1.82, 2.24) is 13.7 Å². The van der Waals surface area contributed by atoms with E-state index in [4.69, 9.17) is 0 Å². The van der Waals surface area contributed by atoms with Gasteiger partial charge in [-0.2, -0.15) is 0 Å². The Bertz CT molecular complexity index is 3530. The first-order valence-electron chi connectivity index (χ1n) is 22.5. The summed E-state index contributed by atoms with van der Waals surface area (Å²) in [5.41, 5.74) is 13.6. The molecular formula is C60H47N3Si. The van der Waals surface area contributed by atoms with Gasteiger partial charge in [-0.05, 0) is 120 Å². The number of aryl methyl sites for hydroxylation is 1. The molecule has 12 rings (SSSR count). The summed E-state index contributed by atoms with van der Waals surface area (Å²) < 4.78 is 7.48. The highest BCUT2D eigenvalue weighted by Gasteiger charge is 2.41. The molecular weight excluding hydrogens is 791 g/mol. The molecule has 0 unspecified atom stereocenters. The average molecular weight is 838 g/mol. The molecule has 0 atom stereocenters. The van der Waals surface area contributed by atoms with Crippen molar-refractivity contribution in [3.63, 3.8) is 0 Å². The van der Waals surface area contributed by atoms with E-state index in [-0.39, 0.29) is 0 Å². The Morgan fingerprint density at radius 1 is 0.438 bits per heavy atom. The second kappa shape index (κ2) is 15.3. The molecule has 8 aromatic carbocycles. The quantitative estimate of drug-likeness (QED) is 0.107. The van der Waals surface area contributed by atoms with E-state index < -0.39 is 8.07 Å². The van der Waals surface area contributed by atoms with Gasteiger partial charge in [0.25, 0.3) is 0 Å². The number of allylic oxidation sites excluding steroid dienone is 2. The van der Waals surface area contributed by atoms with Crippen molar-refractivity contribution in [2.24, 2.45) is 0 Å². The summed E-state index contributed by atoms with van der Waals surface area (Å²) in [5, 5.41) is 10.5. The average Bonchev–Trinajstić information content (AvgIpc) is 3.97. The fraction of sp³-hybridized carbons (Fsp3) is 0.0667. The smallest absolute Gasteiger partial charge is 0.179 e. The fourth-order valence-electron chi connectivity index (χ4n) is 11.0. The number of hydrogen-bond acceptors (Lipinski definition) is 0. The summed E-state index contributed by atoms with van der Waals surface area (Å²) >= 11 is 0. The maximum atomic E-state index is 2.52. The molecule has 0 aliphatic heterocycles. The molecule has 0 bridgehead atoms. The van der Waals surface area contributed by atoms with Gasteiger partial charge in [0.1, 0.15) is 0 Å². The van der Waals surface area contributed by atoms with E-state index in [0.29, 0.717) is 0 Å². The van der Waals surface area contributed by atoms with Gasteiger partial charge in [0, 0.05) is 55.6 Å². The van der Waals surface area contributed by atoms with Crippen LogP contribution in [-0.2, 0) is 6.42 Å². The van der Waals surface area contributed by atoms with Gasteiger partial charge in [-0.15, -0.1) is 0 Å². The normalized spacial score (nSPS) is 12.9. The van der Waals surface area contributed by atoms with Crippen molar-refractivity contribution >= 4 is 84.6 Å². The van der Waals surface area contributed by atoms with Crippen LogP contribution >= 0.6 is 0 Å². The zero-order valence-electron chi connectivity index (χ0n) is 36.1. The summed E-state index contributed by atoms with van der Waals surface area (Å²) in [6.07, 6.45) is 11.1. The van der Waals surface area contributed by atoms with Crippen LogP contribution in [0.25, 0.3) is 72.8 Å². The molecule has 0 amide bonds. The first-order chi connectivity index (χ1) is 31.6. The van der Waals surface area contributed by atoms with E-state index in [1.807, 2.05) is 0 Å². The second-order valence-corrected chi connectivity index (χ2v) is 21.0. The first kappa shape index (κ1) is 38.0. The molecule has 64 heavy (non-hydrogen) atoms. The lowest BCUT2D eigenvalue weighted by molar-refractivity contribution is 0.889. The Kier molecular flexibility index (Phi) is 9.10. The Balaban J connectivity index is 1.15. The van der Waals surface area contributed by atoms with Crippen LogP contribution in [0.5, 0.6) is 0 Å². The van der Waals surface area contributed by atoms with E-state index in [1.54, 1.807) is 0 Å². The number of benzene rings is 8. The van der Waals surface area contributed by atoms with Crippen LogP contribution in [0.1, 0.15) is 35.9 Å². The molecule has 306 valence electrons. The molecule has 4 heteroatoms. The van der Waals surface area contributed by atoms with Crippen molar-refractivity contribution in [2.75, 3.05) is 0 Å². The second-order valence-electron chi connectivity index (χ2n) is 17.2. The third-order valence-corrected chi connectivity index (χ3v) is 18.5. The summed E-state index contributed by atoms with van der Waals surface area (Å²) in [7, 11) is -2.79. The minimum atomic E-state index is -2.79. The van der Waals surface area contributed by atoms with Gasteiger partial charge in [-0.3, -0.25) is 0 Å². The third kappa shape index (κ3) is 5.72. The molecule has 3 heterocycles. The highest BCUT2D eigenvalue weighted by molar-refractivity contribution is 7.19. The van der Waals surface area contributed by atoms with Crippen molar-refractivity contribution < 1.29 is 0 Å². The third-order valence-electron chi connectivity index (χ3n) is 13.8. The summed E-state index contributed by atoms with van der Waals surface area (Å²) in [6.45, 7) is 4.36. The standard InChI is InChI=1S/C60H47N3Si/c1-3-20-55-42(2)50-29-13-16-32-56(50)61(55)44-35-37-59-53(40-44)54-41-45(63-57-33-17-14-30-51(57)52-31-15-18-34-58(52)63)36-38-60(54)62(59)43-21-19-28-49(39-43)64(46-22-7-4-8-23-46,47-24-9-5-10-25-47)48-26-11-6-12-27-48/h3-17,19-33,35-41H,18,34H2,1-2H3/b20-3-. The van der Waals surface area contributed by atoms with Crippen molar-refractivity contribution in [1.29, 1.82) is 0 Å². The lowest BCUT2D eigenvalue weighted by Gasteiger charge is -2.34. The first-order valence-corrected chi connectivity index (χ1v) is 24.5. The van der Waals surface area contributed by atoms with E-state index >= 15 is 0 Å². The molecule has 3 aromatic heterocycles. The number of aromatic nitrogens is 3. The lowest BCUT2D eigenvalue weighted by atomic mass is 10.0. The van der Waals surface area contributed by atoms with Gasteiger partial charge in [-0.25, -0.2) is 0 Å². The van der Waals surface area contributed by atoms with Crippen LogP contribution in [0.4, 0.5) is 0 Å². The van der Waals surface area contributed by atoms with Crippen LogP contribution < -0.4 is 20.7 Å². The largest absolute Gasteiger partial charge is 0.313 e. The SMILES string of the molecule is C/C=C\c1c(C)c2ccccc2n1-c1ccc2c(c1)c1cc(-n3c4c(c5ccccc53)C=CCC4)ccc1n2-c1cccc([Si](c2ccccc2)(c2ccccc2)c2ccccc2)c1. The predicted molar refractivity (Wildman–Crippen MR) is 275 cm³/mol. The van der Waals surface area contributed by atoms with Crippen LogP contribution in [0.15, 0.2) is 212 Å². The Hall–Kier alpha value is -7.66. The van der Waals surface area contributed by atoms with Crippen molar-refractivity contribution in [3.05, 3.63) is 235 Å². The molecule has 0 saturated carbocycles. The topological polar surface area (TPSA) is 14.8 Å². The minimum Gasteiger partial charge on any atom is -0.313 e. The Morgan fingerprint density at radius 3 is 1.55 bits per heavy atom. The van der Waals surface area contributed by atoms with E-state index in [9.17, 15) is 0 Å². The minimum absolute atomic E-state index is 1.01. The van der Waals surface area contributed by atoms with Crippen LogP contribution in [0, 0.1) is 6.92 Å². The molecule has 0 fully saturated rings. The summed E-state index contributed by atoms with van der Waals surface area (Å²) in [5.74, 6) is 0. The molecule has 0 saturated heterocycles. The summed E-state index contributed by atoms with van der Waals surface area (Å²) in [6, 6.07) is 75.1. The maximum absolute atomic E-state index is 2.79. The van der Waals surface area contributed by atoms with Crippen molar-refractivity contribution in [2.45, 2.75) is 26.7 Å². The van der Waals surface area contributed by atoms with E-state index in [2.05, 4.69) is 252 Å². The van der Waals surface area contributed by atoms with Crippen LogP contribution in [0.2, 0.25) is 0 Å². The molecule has 3 nitrogen and oxygen atoms in total. The monoisotopic (exact) mass is 837 g/mol. The number of nitrogens with zero attached hydrogens (tertiary/aromatic N) is 3. The summed E-state index contributed by atoms with van der Waals surface area (Å²) in [4.78, 5) is 0. The number of hydrogen-bond donors (Lipinski definition) is 0. The fourth-order valence-corrected chi connectivity index (χ4v) is 15.8. The number of rotatable bonds is 8. The van der Waals surface area contributed by atoms with Gasteiger partial charge >= 0.3 is 0 Å². The number of para-hydroxylation sites is 2. The van der Waals surface area contributed by atoms with Gasteiger partial charge in [0.15, 0.2) is 8.07 Å². The maximum Gasteiger partial charge on any atom is 0.179 e. The van der Waals surface area contributed by atoms with Crippen LogP contribution in [0.3, 0.4) is 0 Å². The van der Waals surface area contributed by atoms with Gasteiger partial charge in [0.05, 0.1) is 22.1 Å². The van der Waals surface area contributed by atoms with E-state index in [1.165, 1.54) is 92.6 Å². The Labute approximate surface area is 375 Å². The van der Waals surface area contributed by atoms with Crippen molar-refractivity contribution in [3.8, 4) is 17.1 Å².